The van der Waals surface area contributed by atoms with E-state index in [1.807, 2.05) is 60.8 Å². The molecule has 0 radical (unpaired) electrons. The van der Waals surface area contributed by atoms with E-state index in [1.54, 1.807) is 7.11 Å². The summed E-state index contributed by atoms with van der Waals surface area (Å²) in [5.41, 5.74) is 5.48. The zero-order chi connectivity index (χ0) is 18.1. The Kier molecular flexibility index (Phi) is 3.83. The van der Waals surface area contributed by atoms with Gasteiger partial charge in [-0.25, -0.2) is 0 Å². The molecule has 0 atom stereocenters. The van der Waals surface area contributed by atoms with Gasteiger partial charge in [0, 0.05) is 23.0 Å². The van der Waals surface area contributed by atoms with E-state index in [-0.39, 0.29) is 5.91 Å². The number of rotatable bonds is 3. The summed E-state index contributed by atoms with van der Waals surface area (Å²) in [6.07, 6.45) is 9.48. The second-order valence-electron chi connectivity index (χ2n) is 5.92. The molecule has 0 unspecified atom stereocenters. The second-order valence-corrected chi connectivity index (χ2v) is 5.92. The van der Waals surface area contributed by atoms with Crippen LogP contribution in [0.15, 0.2) is 54.7 Å². The minimum atomic E-state index is -0.155. The lowest BCUT2D eigenvalue weighted by molar-refractivity contribution is -0.110. The molecule has 2 heterocycles. The van der Waals surface area contributed by atoms with Gasteiger partial charge in [0.25, 0.3) is 5.91 Å². The van der Waals surface area contributed by atoms with Crippen LogP contribution >= 0.6 is 0 Å². The van der Waals surface area contributed by atoms with Crippen molar-refractivity contribution in [3.05, 3.63) is 71.5 Å². The Bertz CT molecular complexity index is 1050. The Morgan fingerprint density at radius 2 is 1.92 bits per heavy atom. The maximum absolute atomic E-state index is 12.5. The molecule has 3 aromatic rings. The van der Waals surface area contributed by atoms with Crippen molar-refractivity contribution in [1.82, 2.24) is 4.98 Å². The topological polar surface area (TPSA) is 54.1 Å². The van der Waals surface area contributed by atoms with Crippen molar-refractivity contribution in [1.29, 1.82) is 0 Å². The van der Waals surface area contributed by atoms with E-state index in [9.17, 15) is 4.79 Å². The Morgan fingerprint density at radius 3 is 2.58 bits per heavy atom. The van der Waals surface area contributed by atoms with E-state index < -0.39 is 0 Å². The fourth-order valence-corrected chi connectivity index (χ4v) is 3.18. The summed E-state index contributed by atoms with van der Waals surface area (Å²) in [6.45, 7) is 0. The third-order valence-corrected chi connectivity index (χ3v) is 4.43. The molecule has 0 fully saturated rings. The van der Waals surface area contributed by atoms with Crippen LogP contribution in [-0.2, 0) is 4.79 Å². The number of terminal acetylenes is 1. The van der Waals surface area contributed by atoms with Gasteiger partial charge < -0.3 is 15.0 Å². The van der Waals surface area contributed by atoms with Crippen molar-refractivity contribution in [2.45, 2.75) is 0 Å². The van der Waals surface area contributed by atoms with E-state index in [4.69, 9.17) is 11.2 Å². The molecule has 1 aromatic heterocycles. The van der Waals surface area contributed by atoms with Crippen molar-refractivity contribution in [2.24, 2.45) is 0 Å². The van der Waals surface area contributed by atoms with Crippen molar-refractivity contribution in [3.8, 4) is 29.2 Å². The molecule has 0 aliphatic carbocycles. The Morgan fingerprint density at radius 1 is 1.12 bits per heavy atom. The highest BCUT2D eigenvalue weighted by atomic mass is 16.5. The standard InChI is InChI=1S/C22H16N2O2/c1-3-17-18(14-6-8-16(26-2)9-7-14)10-11-20-21(17)19(22(25)24-20)13-15-5-4-12-23-15/h1,4-13,23H,2H3,(H,24,25). The largest absolute Gasteiger partial charge is 0.497 e. The van der Waals surface area contributed by atoms with Crippen LogP contribution < -0.4 is 10.1 Å². The number of aromatic amines is 1. The zero-order valence-electron chi connectivity index (χ0n) is 14.2. The molecule has 2 aromatic carbocycles. The number of amides is 1. The van der Waals surface area contributed by atoms with Gasteiger partial charge in [0.05, 0.1) is 18.4 Å². The molecule has 1 aliphatic rings. The molecule has 4 nitrogen and oxygen atoms in total. The van der Waals surface area contributed by atoms with Gasteiger partial charge in [-0.3, -0.25) is 4.79 Å². The predicted molar refractivity (Wildman–Crippen MR) is 104 cm³/mol. The highest BCUT2D eigenvalue weighted by Crippen LogP contribution is 2.40. The normalized spacial score (nSPS) is 14.0. The number of anilines is 1. The number of nitrogens with one attached hydrogen (secondary N) is 2. The zero-order valence-corrected chi connectivity index (χ0v) is 14.2. The van der Waals surface area contributed by atoms with E-state index in [1.165, 1.54) is 0 Å². The van der Waals surface area contributed by atoms with Crippen LogP contribution in [-0.4, -0.2) is 18.0 Å². The lowest BCUT2D eigenvalue weighted by atomic mass is 9.92. The molecule has 0 spiro atoms. The van der Waals surface area contributed by atoms with Crippen molar-refractivity contribution < 1.29 is 9.53 Å². The summed E-state index contributed by atoms with van der Waals surface area (Å²) < 4.78 is 5.22. The SMILES string of the molecule is C#Cc1c(-c2ccc(OC)cc2)ccc2c1C(=Cc1ccc[nH]1)C(=O)N2. The lowest BCUT2D eigenvalue weighted by Crippen LogP contribution is -2.03. The van der Waals surface area contributed by atoms with Crippen LogP contribution in [0, 0.1) is 12.3 Å². The predicted octanol–water partition coefficient (Wildman–Crippen LogP) is 4.16. The minimum Gasteiger partial charge on any atom is -0.497 e. The van der Waals surface area contributed by atoms with Gasteiger partial charge in [0.15, 0.2) is 0 Å². The Hall–Kier alpha value is -3.71. The molecular formula is C22H16N2O2. The summed E-state index contributed by atoms with van der Waals surface area (Å²) in [7, 11) is 1.63. The molecule has 2 N–H and O–H groups in total. The molecular weight excluding hydrogens is 324 g/mol. The van der Waals surface area contributed by atoms with E-state index in [2.05, 4.69) is 16.2 Å². The number of aromatic nitrogens is 1. The van der Waals surface area contributed by atoms with Crippen LogP contribution in [0.5, 0.6) is 5.75 Å². The van der Waals surface area contributed by atoms with Crippen LogP contribution in [0.25, 0.3) is 22.8 Å². The van der Waals surface area contributed by atoms with Gasteiger partial charge in [-0.1, -0.05) is 24.1 Å². The highest BCUT2D eigenvalue weighted by Gasteiger charge is 2.28. The Labute approximate surface area is 151 Å². The third-order valence-electron chi connectivity index (χ3n) is 4.43. The number of carbonyl (C=O) groups excluding carboxylic acids is 1. The van der Waals surface area contributed by atoms with Crippen LogP contribution in [0.3, 0.4) is 0 Å². The second kappa shape index (κ2) is 6.30. The van der Waals surface area contributed by atoms with Crippen molar-refractivity contribution in [3.63, 3.8) is 0 Å². The number of hydrogen-bond donors (Lipinski definition) is 2. The minimum absolute atomic E-state index is 0.155. The van der Waals surface area contributed by atoms with Crippen LogP contribution in [0.2, 0.25) is 0 Å². The monoisotopic (exact) mass is 340 g/mol. The summed E-state index contributed by atoms with van der Waals surface area (Å²) in [6, 6.07) is 15.3. The number of ether oxygens (including phenoxy) is 1. The van der Waals surface area contributed by atoms with Gasteiger partial charge >= 0.3 is 0 Å². The van der Waals surface area contributed by atoms with Crippen molar-refractivity contribution >= 4 is 23.2 Å². The molecule has 0 saturated carbocycles. The summed E-state index contributed by atoms with van der Waals surface area (Å²) >= 11 is 0. The fourth-order valence-electron chi connectivity index (χ4n) is 3.18. The van der Waals surface area contributed by atoms with Gasteiger partial charge in [-0.2, -0.15) is 0 Å². The quantitative estimate of drug-likeness (QED) is 0.555. The van der Waals surface area contributed by atoms with E-state index in [0.717, 1.165) is 33.8 Å². The van der Waals surface area contributed by atoms with Gasteiger partial charge in [0.2, 0.25) is 0 Å². The first-order valence-electron chi connectivity index (χ1n) is 8.16. The molecule has 26 heavy (non-hydrogen) atoms. The number of methoxy groups -OCH3 is 1. The average molecular weight is 340 g/mol. The maximum atomic E-state index is 12.5. The fraction of sp³-hybridized carbons (Fsp3) is 0.0455. The maximum Gasteiger partial charge on any atom is 0.256 e. The average Bonchev–Trinajstić information content (AvgIpc) is 3.29. The number of H-pyrrole nitrogens is 1. The lowest BCUT2D eigenvalue weighted by Gasteiger charge is -2.11. The number of carbonyl (C=O) groups is 1. The molecule has 4 heteroatoms. The van der Waals surface area contributed by atoms with Crippen LogP contribution in [0.4, 0.5) is 5.69 Å². The van der Waals surface area contributed by atoms with Crippen molar-refractivity contribution in [2.75, 3.05) is 12.4 Å². The number of benzene rings is 2. The molecule has 126 valence electrons. The smallest absolute Gasteiger partial charge is 0.256 e. The third kappa shape index (κ3) is 2.56. The summed E-state index contributed by atoms with van der Waals surface area (Å²) in [4.78, 5) is 15.6. The molecule has 1 amide bonds. The summed E-state index contributed by atoms with van der Waals surface area (Å²) in [5.74, 6) is 3.40. The molecule has 0 saturated heterocycles. The number of fused-ring (bicyclic) bond motifs is 1. The van der Waals surface area contributed by atoms with E-state index >= 15 is 0 Å². The molecule has 0 bridgehead atoms. The molecule has 4 rings (SSSR count). The van der Waals surface area contributed by atoms with E-state index in [0.29, 0.717) is 11.1 Å². The Balaban J connectivity index is 1.89. The first-order valence-corrected chi connectivity index (χ1v) is 8.16. The first kappa shape index (κ1) is 15.8. The summed E-state index contributed by atoms with van der Waals surface area (Å²) in [5, 5.41) is 2.89. The van der Waals surface area contributed by atoms with Gasteiger partial charge in [0.1, 0.15) is 5.75 Å². The van der Waals surface area contributed by atoms with Gasteiger partial charge in [-0.15, -0.1) is 6.42 Å². The highest BCUT2D eigenvalue weighted by molar-refractivity contribution is 6.35. The van der Waals surface area contributed by atoms with Gasteiger partial charge in [-0.05, 0) is 47.5 Å². The van der Waals surface area contributed by atoms with Crippen LogP contribution in [0.1, 0.15) is 16.8 Å². The molecule has 1 aliphatic heterocycles. The number of hydrogen-bond acceptors (Lipinski definition) is 2. The first-order chi connectivity index (χ1) is 12.7.